The van der Waals surface area contributed by atoms with Crippen molar-refractivity contribution in [3.05, 3.63) is 64.3 Å². The standard InChI is InChI=1S/C24H20ClN7O3S/c25-17-8-15(2-4-20(17)34-11-22-26-5-6-36-22)29-23-16-7-14(1-3-18(16)27-12-28-23)30-24-31-19-9-32(13-33)10-21(19)35-24/h1-8,12-13,19,21H,9-11H2,(H,30,31)(H,27,28,29). The number of anilines is 3. The fraction of sp³-hybridized carbons (Fsp3) is 0.208. The molecule has 2 aliphatic rings. The highest BCUT2D eigenvalue weighted by Gasteiger charge is 2.39. The highest BCUT2D eigenvalue weighted by molar-refractivity contribution is 7.09. The number of carbonyl (C=O) groups excluding carboxylic acids is 1. The summed E-state index contributed by atoms with van der Waals surface area (Å²) in [5.74, 6) is 1.21. The summed E-state index contributed by atoms with van der Waals surface area (Å²) in [6, 6.07) is 11.6. The minimum atomic E-state index is -0.114. The maximum absolute atomic E-state index is 11.0. The van der Waals surface area contributed by atoms with Crippen LogP contribution in [0.1, 0.15) is 5.01 Å². The average Bonchev–Trinajstić information content (AvgIpc) is 3.61. The molecule has 1 saturated heterocycles. The van der Waals surface area contributed by atoms with E-state index in [2.05, 4.69) is 30.6 Å². The van der Waals surface area contributed by atoms with Gasteiger partial charge in [-0.05, 0) is 36.4 Å². The first kappa shape index (κ1) is 22.5. The van der Waals surface area contributed by atoms with Gasteiger partial charge in [-0.15, -0.1) is 11.3 Å². The molecule has 2 aromatic carbocycles. The number of hydrogen-bond acceptors (Lipinski definition) is 10. The molecule has 1 amide bonds. The number of benzene rings is 2. The third kappa shape index (κ3) is 4.62. The smallest absolute Gasteiger partial charge is 0.290 e. The first-order valence-electron chi connectivity index (χ1n) is 11.2. The molecule has 0 saturated carbocycles. The van der Waals surface area contributed by atoms with E-state index in [1.807, 2.05) is 35.7 Å². The van der Waals surface area contributed by atoms with Crippen molar-refractivity contribution in [3.8, 4) is 5.75 Å². The van der Waals surface area contributed by atoms with Crippen LogP contribution in [-0.2, 0) is 16.1 Å². The van der Waals surface area contributed by atoms with Crippen LogP contribution >= 0.6 is 22.9 Å². The largest absolute Gasteiger partial charge is 0.485 e. The summed E-state index contributed by atoms with van der Waals surface area (Å²) < 4.78 is 11.7. The Bertz CT molecular complexity index is 1450. The van der Waals surface area contributed by atoms with E-state index in [-0.39, 0.29) is 12.1 Å². The van der Waals surface area contributed by atoms with Crippen LogP contribution in [-0.4, -0.2) is 57.5 Å². The zero-order chi connectivity index (χ0) is 24.5. The van der Waals surface area contributed by atoms with Crippen molar-refractivity contribution in [2.24, 2.45) is 4.99 Å². The Balaban J connectivity index is 1.18. The highest BCUT2D eigenvalue weighted by Crippen LogP contribution is 2.32. The molecule has 0 aliphatic carbocycles. The zero-order valence-electron chi connectivity index (χ0n) is 18.8. The van der Waals surface area contributed by atoms with Crippen LogP contribution in [0.2, 0.25) is 5.02 Å². The summed E-state index contributed by atoms with van der Waals surface area (Å²) in [7, 11) is 0. The van der Waals surface area contributed by atoms with Crippen molar-refractivity contribution < 1.29 is 14.3 Å². The number of carbonyl (C=O) groups is 1. The number of hydrogen-bond donors (Lipinski definition) is 2. The summed E-state index contributed by atoms with van der Waals surface area (Å²) in [5.41, 5.74) is 2.33. The van der Waals surface area contributed by atoms with Crippen molar-refractivity contribution in [2.45, 2.75) is 18.8 Å². The van der Waals surface area contributed by atoms with Crippen LogP contribution in [0.25, 0.3) is 10.9 Å². The van der Waals surface area contributed by atoms with Crippen LogP contribution in [0.5, 0.6) is 5.75 Å². The lowest BCUT2D eigenvalue weighted by Gasteiger charge is -2.14. The number of aliphatic imine (C=N–C) groups is 1. The normalized spacial score (nSPS) is 18.5. The molecule has 12 heteroatoms. The molecule has 6 rings (SSSR count). The van der Waals surface area contributed by atoms with Crippen molar-refractivity contribution in [2.75, 3.05) is 23.7 Å². The van der Waals surface area contributed by atoms with Gasteiger partial charge in [0.05, 0.1) is 17.1 Å². The Labute approximate surface area is 215 Å². The Morgan fingerprint density at radius 2 is 2.03 bits per heavy atom. The zero-order valence-corrected chi connectivity index (χ0v) is 20.4. The number of thiazole rings is 1. The summed E-state index contributed by atoms with van der Waals surface area (Å²) >= 11 is 7.99. The van der Waals surface area contributed by atoms with E-state index in [0.29, 0.717) is 42.3 Å². The van der Waals surface area contributed by atoms with Crippen molar-refractivity contribution in [3.63, 3.8) is 0 Å². The molecule has 2 atom stereocenters. The van der Waals surface area contributed by atoms with E-state index in [1.54, 1.807) is 17.2 Å². The maximum Gasteiger partial charge on any atom is 0.290 e. The van der Waals surface area contributed by atoms with E-state index in [0.717, 1.165) is 33.7 Å². The molecule has 10 nitrogen and oxygen atoms in total. The molecule has 2 unspecified atom stereocenters. The first-order valence-corrected chi connectivity index (χ1v) is 12.4. The minimum absolute atomic E-state index is 0.0445. The Morgan fingerprint density at radius 1 is 1.14 bits per heavy atom. The van der Waals surface area contributed by atoms with Crippen LogP contribution in [0.3, 0.4) is 0 Å². The van der Waals surface area contributed by atoms with Crippen molar-refractivity contribution in [1.29, 1.82) is 0 Å². The SMILES string of the molecule is O=CN1CC2N=C(Nc3ccc4ncnc(Nc5ccc(OCc6nccs6)c(Cl)c5)c4c3)OC2C1. The van der Waals surface area contributed by atoms with Crippen LogP contribution < -0.4 is 15.4 Å². The van der Waals surface area contributed by atoms with Crippen molar-refractivity contribution >= 4 is 63.5 Å². The van der Waals surface area contributed by atoms with Crippen LogP contribution in [0.4, 0.5) is 17.2 Å². The van der Waals surface area contributed by atoms with Gasteiger partial charge in [0.25, 0.3) is 6.02 Å². The third-order valence-corrected chi connectivity index (χ3v) is 6.92. The quantitative estimate of drug-likeness (QED) is 0.350. The molecule has 2 aliphatic heterocycles. The fourth-order valence-corrected chi connectivity index (χ4v) is 4.91. The summed E-state index contributed by atoms with van der Waals surface area (Å²) in [5, 5.41) is 10.6. The Kier molecular flexibility index (Phi) is 5.99. The van der Waals surface area contributed by atoms with E-state index >= 15 is 0 Å². The Hall–Kier alpha value is -3.96. The molecule has 1 fully saturated rings. The van der Waals surface area contributed by atoms with Crippen molar-refractivity contribution in [1.82, 2.24) is 19.9 Å². The second-order valence-electron chi connectivity index (χ2n) is 8.28. The second-order valence-corrected chi connectivity index (χ2v) is 9.67. The number of ether oxygens (including phenoxy) is 2. The van der Waals surface area contributed by atoms with E-state index in [4.69, 9.17) is 21.1 Å². The molecule has 182 valence electrons. The number of nitrogens with zero attached hydrogens (tertiary/aromatic N) is 5. The van der Waals surface area contributed by atoms with Gasteiger partial charge in [0, 0.05) is 34.9 Å². The topological polar surface area (TPSA) is 114 Å². The lowest BCUT2D eigenvalue weighted by molar-refractivity contribution is -0.117. The van der Waals surface area contributed by atoms with E-state index < -0.39 is 0 Å². The van der Waals surface area contributed by atoms with Gasteiger partial charge in [0.2, 0.25) is 6.41 Å². The predicted molar refractivity (Wildman–Crippen MR) is 138 cm³/mol. The molecule has 4 aromatic rings. The molecule has 4 heterocycles. The van der Waals surface area contributed by atoms with Gasteiger partial charge in [-0.1, -0.05) is 11.6 Å². The first-order chi connectivity index (χ1) is 17.6. The number of nitrogens with one attached hydrogen (secondary N) is 2. The average molecular weight is 522 g/mol. The molecular weight excluding hydrogens is 502 g/mol. The Morgan fingerprint density at radius 3 is 2.83 bits per heavy atom. The number of amidine groups is 1. The van der Waals surface area contributed by atoms with Crippen LogP contribution in [0.15, 0.2) is 59.3 Å². The molecule has 0 radical (unpaired) electrons. The van der Waals surface area contributed by atoms with Gasteiger partial charge in [-0.2, -0.15) is 0 Å². The molecule has 2 N–H and O–H groups in total. The van der Waals surface area contributed by atoms with Gasteiger partial charge in [0.1, 0.15) is 41.7 Å². The maximum atomic E-state index is 11.0. The summed E-state index contributed by atoms with van der Waals surface area (Å²) in [6.45, 7) is 1.47. The minimum Gasteiger partial charge on any atom is -0.485 e. The lowest BCUT2D eigenvalue weighted by atomic mass is 10.2. The number of likely N-dealkylation sites (tertiary alicyclic amines) is 1. The van der Waals surface area contributed by atoms with Crippen LogP contribution in [0, 0.1) is 0 Å². The fourth-order valence-electron chi connectivity index (χ4n) is 4.15. The van der Waals surface area contributed by atoms with Gasteiger partial charge in [-0.3, -0.25) is 4.79 Å². The molecular formula is C24H20ClN7O3S. The lowest BCUT2D eigenvalue weighted by Crippen LogP contribution is -2.25. The number of rotatable bonds is 7. The number of fused-ring (bicyclic) bond motifs is 2. The highest BCUT2D eigenvalue weighted by atomic mass is 35.5. The van der Waals surface area contributed by atoms with Gasteiger partial charge < -0.3 is 25.0 Å². The number of halogens is 1. The second kappa shape index (κ2) is 9.59. The number of aromatic nitrogens is 3. The van der Waals surface area contributed by atoms with E-state index in [1.165, 1.54) is 17.7 Å². The van der Waals surface area contributed by atoms with Gasteiger partial charge >= 0.3 is 0 Å². The van der Waals surface area contributed by atoms with Gasteiger partial charge in [-0.25, -0.2) is 19.9 Å². The summed E-state index contributed by atoms with van der Waals surface area (Å²) in [6.07, 6.45) is 3.97. The molecule has 0 bridgehead atoms. The summed E-state index contributed by atoms with van der Waals surface area (Å²) in [4.78, 5) is 30.2. The molecule has 0 spiro atoms. The molecule has 2 aromatic heterocycles. The predicted octanol–water partition coefficient (Wildman–Crippen LogP) is 4.07. The number of amides is 1. The van der Waals surface area contributed by atoms with Gasteiger partial charge in [0.15, 0.2) is 0 Å². The molecule has 36 heavy (non-hydrogen) atoms. The van der Waals surface area contributed by atoms with E-state index in [9.17, 15) is 4.79 Å². The third-order valence-electron chi connectivity index (χ3n) is 5.88. The monoisotopic (exact) mass is 521 g/mol.